The van der Waals surface area contributed by atoms with Crippen molar-refractivity contribution in [2.45, 2.75) is 6.42 Å². The molecular formula is C7H11NO4. The highest BCUT2D eigenvalue weighted by Crippen LogP contribution is 1.76. The van der Waals surface area contributed by atoms with Crippen LogP contribution in [0.15, 0.2) is 12.2 Å². The summed E-state index contributed by atoms with van der Waals surface area (Å²) in [6.07, 6.45) is 2.15. The Morgan fingerprint density at radius 3 is 2.50 bits per heavy atom. The Kier molecular flexibility index (Phi) is 5.64. The molecule has 0 aromatic carbocycles. The van der Waals surface area contributed by atoms with E-state index in [0.717, 1.165) is 12.2 Å². The minimum atomic E-state index is -1.16. The number of carbonyl (C=O) groups excluding carboxylic acids is 1. The summed E-state index contributed by atoms with van der Waals surface area (Å²) < 4.78 is 0. The lowest BCUT2D eigenvalue weighted by molar-refractivity contribution is -0.131. The SMILES string of the molecule is O=C(O)/C=C\C(=O)NCCCO. The fourth-order valence-corrected chi connectivity index (χ4v) is 0.497. The molecule has 5 heteroatoms. The maximum absolute atomic E-state index is 10.7. The number of nitrogens with one attached hydrogen (secondary N) is 1. The topological polar surface area (TPSA) is 86.6 Å². The molecule has 0 heterocycles. The minimum absolute atomic E-state index is 0.00290. The molecule has 0 bridgehead atoms. The number of carboxylic acid groups (broad SMARTS) is 1. The van der Waals surface area contributed by atoms with Crippen LogP contribution in [0.3, 0.4) is 0 Å². The molecule has 3 N–H and O–H groups in total. The van der Waals surface area contributed by atoms with Crippen LogP contribution in [-0.4, -0.2) is 35.2 Å². The van der Waals surface area contributed by atoms with Crippen molar-refractivity contribution in [1.29, 1.82) is 0 Å². The van der Waals surface area contributed by atoms with Crippen LogP contribution in [0.4, 0.5) is 0 Å². The normalized spacial score (nSPS) is 10.1. The Labute approximate surface area is 69.7 Å². The van der Waals surface area contributed by atoms with E-state index in [1.165, 1.54) is 0 Å². The van der Waals surface area contributed by atoms with Crippen LogP contribution in [0.2, 0.25) is 0 Å². The maximum Gasteiger partial charge on any atom is 0.328 e. The second-order valence-electron chi connectivity index (χ2n) is 2.04. The number of aliphatic hydroxyl groups is 1. The highest BCUT2D eigenvalue weighted by molar-refractivity contribution is 5.93. The Hall–Kier alpha value is -1.36. The van der Waals surface area contributed by atoms with Gasteiger partial charge in [-0.05, 0) is 6.42 Å². The maximum atomic E-state index is 10.7. The van der Waals surface area contributed by atoms with Gasteiger partial charge < -0.3 is 15.5 Å². The Balaban J connectivity index is 3.53. The van der Waals surface area contributed by atoms with Crippen LogP contribution in [-0.2, 0) is 9.59 Å². The first-order valence-corrected chi connectivity index (χ1v) is 3.46. The molecule has 0 aliphatic carbocycles. The molecule has 0 aromatic rings. The molecule has 0 aliphatic heterocycles. The highest BCUT2D eigenvalue weighted by Gasteiger charge is 1.94. The number of hydrogen-bond donors (Lipinski definition) is 3. The van der Waals surface area contributed by atoms with E-state index in [1.807, 2.05) is 0 Å². The van der Waals surface area contributed by atoms with Gasteiger partial charge in [0.05, 0.1) is 0 Å². The summed E-state index contributed by atoms with van der Waals surface area (Å²) in [6.45, 7) is 0.349. The summed E-state index contributed by atoms with van der Waals surface area (Å²) in [6, 6.07) is 0. The zero-order valence-electron chi connectivity index (χ0n) is 6.49. The van der Waals surface area contributed by atoms with Gasteiger partial charge in [0, 0.05) is 25.3 Å². The van der Waals surface area contributed by atoms with E-state index in [1.54, 1.807) is 0 Å². The molecule has 0 fully saturated rings. The summed E-state index contributed by atoms with van der Waals surface area (Å²) in [5, 5.41) is 18.9. The van der Waals surface area contributed by atoms with E-state index < -0.39 is 11.9 Å². The second-order valence-corrected chi connectivity index (χ2v) is 2.04. The third-order valence-corrected chi connectivity index (χ3v) is 1.01. The Bertz CT molecular complexity index is 188. The summed E-state index contributed by atoms with van der Waals surface area (Å²) >= 11 is 0. The lowest BCUT2D eigenvalue weighted by Gasteiger charge is -1.97. The summed E-state index contributed by atoms with van der Waals surface area (Å²) in [5.41, 5.74) is 0. The quantitative estimate of drug-likeness (QED) is 0.372. The van der Waals surface area contributed by atoms with Crippen molar-refractivity contribution in [3.8, 4) is 0 Å². The number of carboxylic acids is 1. The average molecular weight is 173 g/mol. The molecule has 5 nitrogen and oxygen atoms in total. The summed E-state index contributed by atoms with van der Waals surface area (Å²) in [7, 11) is 0. The third kappa shape index (κ3) is 6.76. The molecule has 0 aromatic heterocycles. The van der Waals surface area contributed by atoms with Gasteiger partial charge in [-0.2, -0.15) is 0 Å². The second kappa shape index (κ2) is 6.36. The first kappa shape index (κ1) is 10.6. The van der Waals surface area contributed by atoms with Crippen molar-refractivity contribution in [3.05, 3.63) is 12.2 Å². The van der Waals surface area contributed by atoms with Crippen molar-refractivity contribution in [1.82, 2.24) is 5.32 Å². The van der Waals surface area contributed by atoms with E-state index in [0.29, 0.717) is 13.0 Å². The van der Waals surface area contributed by atoms with Crippen LogP contribution in [0, 0.1) is 0 Å². The highest BCUT2D eigenvalue weighted by atomic mass is 16.4. The number of aliphatic hydroxyl groups excluding tert-OH is 1. The fourth-order valence-electron chi connectivity index (χ4n) is 0.497. The molecule has 0 radical (unpaired) electrons. The van der Waals surface area contributed by atoms with E-state index >= 15 is 0 Å². The molecule has 12 heavy (non-hydrogen) atoms. The molecule has 0 saturated heterocycles. The van der Waals surface area contributed by atoms with Crippen molar-refractivity contribution in [3.63, 3.8) is 0 Å². The van der Waals surface area contributed by atoms with Crippen LogP contribution in [0.1, 0.15) is 6.42 Å². The molecule has 0 rings (SSSR count). The first-order valence-electron chi connectivity index (χ1n) is 3.46. The van der Waals surface area contributed by atoms with Gasteiger partial charge in [0.25, 0.3) is 0 Å². The third-order valence-electron chi connectivity index (χ3n) is 1.01. The van der Waals surface area contributed by atoms with Crippen molar-refractivity contribution in [2.75, 3.05) is 13.2 Å². The van der Waals surface area contributed by atoms with Gasteiger partial charge in [0.2, 0.25) is 5.91 Å². The molecule has 0 aliphatic rings. The van der Waals surface area contributed by atoms with Crippen molar-refractivity contribution in [2.24, 2.45) is 0 Å². The summed E-state index contributed by atoms with van der Waals surface area (Å²) in [5.74, 6) is -1.63. The van der Waals surface area contributed by atoms with Gasteiger partial charge >= 0.3 is 5.97 Å². The van der Waals surface area contributed by atoms with Gasteiger partial charge in [-0.3, -0.25) is 4.79 Å². The molecule has 1 amide bonds. The van der Waals surface area contributed by atoms with E-state index in [4.69, 9.17) is 10.2 Å². The monoisotopic (exact) mass is 173 g/mol. The van der Waals surface area contributed by atoms with Crippen molar-refractivity contribution < 1.29 is 19.8 Å². The van der Waals surface area contributed by atoms with Gasteiger partial charge in [-0.15, -0.1) is 0 Å². The number of carbonyl (C=O) groups is 2. The number of amides is 1. The molecule has 68 valence electrons. The molecular weight excluding hydrogens is 162 g/mol. The van der Waals surface area contributed by atoms with Gasteiger partial charge in [-0.1, -0.05) is 0 Å². The van der Waals surface area contributed by atoms with Gasteiger partial charge in [-0.25, -0.2) is 4.79 Å². The fraction of sp³-hybridized carbons (Fsp3) is 0.429. The van der Waals surface area contributed by atoms with Crippen LogP contribution in [0.25, 0.3) is 0 Å². The predicted octanol–water partition coefficient (Wildman–Crippen LogP) is -0.874. The van der Waals surface area contributed by atoms with E-state index in [2.05, 4.69) is 5.32 Å². The van der Waals surface area contributed by atoms with Crippen molar-refractivity contribution >= 4 is 11.9 Å². The lowest BCUT2D eigenvalue weighted by atomic mass is 10.4. The minimum Gasteiger partial charge on any atom is -0.478 e. The van der Waals surface area contributed by atoms with Gasteiger partial charge in [0.1, 0.15) is 0 Å². The smallest absolute Gasteiger partial charge is 0.328 e. The van der Waals surface area contributed by atoms with E-state index in [9.17, 15) is 9.59 Å². The number of aliphatic carboxylic acids is 1. The standard InChI is InChI=1S/C7H11NO4/c9-5-1-4-8-6(10)2-3-7(11)12/h2-3,9H,1,4-5H2,(H,8,10)(H,11,12)/b3-2-. The first-order chi connectivity index (χ1) is 5.66. The zero-order chi connectivity index (χ0) is 9.40. The molecule has 0 spiro atoms. The van der Waals surface area contributed by atoms with Gasteiger partial charge in [0.15, 0.2) is 0 Å². The lowest BCUT2D eigenvalue weighted by Crippen LogP contribution is -2.22. The molecule has 0 unspecified atom stereocenters. The molecule has 0 atom stereocenters. The zero-order valence-corrected chi connectivity index (χ0v) is 6.49. The van der Waals surface area contributed by atoms with Crippen LogP contribution in [0.5, 0.6) is 0 Å². The molecule has 0 saturated carbocycles. The number of rotatable bonds is 5. The Morgan fingerprint density at radius 2 is 2.00 bits per heavy atom. The van der Waals surface area contributed by atoms with E-state index in [-0.39, 0.29) is 6.61 Å². The number of hydrogen-bond acceptors (Lipinski definition) is 3. The predicted molar refractivity (Wildman–Crippen MR) is 41.5 cm³/mol. The van der Waals surface area contributed by atoms with Crippen LogP contribution < -0.4 is 5.32 Å². The summed E-state index contributed by atoms with van der Waals surface area (Å²) in [4.78, 5) is 20.6. The largest absolute Gasteiger partial charge is 0.478 e. The average Bonchev–Trinajstić information content (AvgIpc) is 2.01. The Morgan fingerprint density at radius 1 is 1.33 bits per heavy atom. The van der Waals surface area contributed by atoms with Crippen LogP contribution >= 0.6 is 0 Å².